The molecule has 0 aliphatic heterocycles. The monoisotopic (exact) mass is 338 g/mol. The highest BCUT2D eigenvalue weighted by Gasteiger charge is 2.15. The molecule has 22 heavy (non-hydrogen) atoms. The zero-order chi connectivity index (χ0) is 17.2. The lowest BCUT2D eigenvalue weighted by atomic mass is 10.3. The molecule has 0 rings (SSSR count). The van der Waals surface area contributed by atoms with Crippen molar-refractivity contribution in [2.45, 2.75) is 19.8 Å². The Morgan fingerprint density at radius 3 is 2.09 bits per heavy atom. The van der Waals surface area contributed by atoms with E-state index in [-0.39, 0.29) is 31.6 Å². The second kappa shape index (κ2) is 10.1. The number of carbonyl (C=O) groups excluding carboxylic acids is 3. The molecule has 0 aromatic heterocycles. The molecule has 0 radical (unpaired) electrons. The molecule has 0 aromatic rings. The number of hydrogen-bond donors (Lipinski definition) is 2. The zero-order valence-electron chi connectivity index (χ0n) is 12.1. The molecule has 0 saturated carbocycles. The maximum atomic E-state index is 11.3. The molecule has 126 valence electrons. The molecule has 0 amide bonds. The predicted octanol–water partition coefficient (Wildman–Crippen LogP) is 0.150. The second-order valence-corrected chi connectivity index (χ2v) is 5.87. The molecule has 0 heterocycles. The van der Waals surface area contributed by atoms with Crippen LogP contribution in [0, 0.1) is 0 Å². The van der Waals surface area contributed by atoms with Crippen molar-refractivity contribution in [2.24, 2.45) is 0 Å². The van der Waals surface area contributed by atoms with Crippen molar-refractivity contribution in [1.29, 1.82) is 0 Å². The number of carbonyl (C=O) groups is 3. The largest absolute Gasteiger partial charge is 0.465 e. The van der Waals surface area contributed by atoms with Crippen molar-refractivity contribution in [3.63, 3.8) is 0 Å². The average Bonchev–Trinajstić information content (AvgIpc) is 2.41. The van der Waals surface area contributed by atoms with Crippen LogP contribution in [0.4, 0.5) is 0 Å². The van der Waals surface area contributed by atoms with Crippen LogP contribution in [0.1, 0.15) is 19.8 Å². The van der Waals surface area contributed by atoms with E-state index >= 15 is 0 Å². The summed E-state index contributed by atoms with van der Waals surface area (Å²) >= 11 is 0. The van der Waals surface area contributed by atoms with Gasteiger partial charge in [-0.25, -0.2) is 4.79 Å². The minimum absolute atomic E-state index is 0.0283. The Bertz CT molecular complexity index is 465. The molecular formula is C12H19O9P. The number of ether oxygens (including phenoxy) is 3. The number of rotatable bonds is 10. The van der Waals surface area contributed by atoms with Crippen LogP contribution in [-0.2, 0) is 33.2 Å². The number of esters is 3. The van der Waals surface area contributed by atoms with Crippen LogP contribution >= 0.6 is 7.60 Å². The summed E-state index contributed by atoms with van der Waals surface area (Å²) < 4.78 is 24.4. The molecule has 0 aliphatic carbocycles. The maximum Gasteiger partial charge on any atom is 0.336 e. The first kappa shape index (κ1) is 20.3. The van der Waals surface area contributed by atoms with Gasteiger partial charge in [-0.05, 0) is 6.92 Å². The first-order valence-corrected chi connectivity index (χ1v) is 8.16. The van der Waals surface area contributed by atoms with E-state index in [1.807, 2.05) is 0 Å². The topological polar surface area (TPSA) is 136 Å². The third-order valence-corrected chi connectivity index (χ3v) is 2.92. The molecule has 0 bridgehead atoms. The van der Waals surface area contributed by atoms with Gasteiger partial charge in [0, 0.05) is 0 Å². The Morgan fingerprint density at radius 2 is 1.59 bits per heavy atom. The lowest BCUT2D eigenvalue weighted by Crippen LogP contribution is -2.16. The minimum atomic E-state index is -4.22. The molecule has 0 unspecified atom stereocenters. The van der Waals surface area contributed by atoms with Crippen LogP contribution in [0.3, 0.4) is 0 Å². The highest BCUT2D eigenvalue weighted by molar-refractivity contribution is 7.51. The van der Waals surface area contributed by atoms with Gasteiger partial charge < -0.3 is 24.0 Å². The van der Waals surface area contributed by atoms with Crippen molar-refractivity contribution in [3.05, 3.63) is 12.2 Å². The zero-order valence-corrected chi connectivity index (χ0v) is 13.0. The van der Waals surface area contributed by atoms with E-state index in [2.05, 4.69) is 16.1 Å². The van der Waals surface area contributed by atoms with Crippen LogP contribution < -0.4 is 0 Å². The summed E-state index contributed by atoms with van der Waals surface area (Å²) in [5.74, 6) is -2.20. The smallest absolute Gasteiger partial charge is 0.336 e. The quantitative estimate of drug-likeness (QED) is 0.247. The lowest BCUT2D eigenvalue weighted by molar-refractivity contribution is -0.150. The van der Waals surface area contributed by atoms with Crippen molar-refractivity contribution in [2.75, 3.05) is 26.0 Å². The summed E-state index contributed by atoms with van der Waals surface area (Å²) in [6.07, 6.45) is -1.17. The van der Waals surface area contributed by atoms with Gasteiger partial charge in [0.25, 0.3) is 0 Å². The molecular weight excluding hydrogens is 319 g/mol. The standard InChI is InChI=1S/C12H19O9P/c1-3-19-12(15)9(2)8-21-11(14)5-4-10(13)20-6-7-22(16,17)18/h2-8H2,1H3,(H2,16,17,18). The van der Waals surface area contributed by atoms with Gasteiger partial charge in [-0.2, -0.15) is 0 Å². The van der Waals surface area contributed by atoms with Crippen LogP contribution in [0.15, 0.2) is 12.2 Å². The van der Waals surface area contributed by atoms with Gasteiger partial charge in [-0.15, -0.1) is 0 Å². The van der Waals surface area contributed by atoms with Crippen molar-refractivity contribution >= 4 is 25.5 Å². The van der Waals surface area contributed by atoms with Crippen molar-refractivity contribution in [1.82, 2.24) is 0 Å². The fourth-order valence-corrected chi connectivity index (χ4v) is 1.42. The molecule has 0 aliphatic rings. The minimum Gasteiger partial charge on any atom is -0.465 e. The van der Waals surface area contributed by atoms with E-state index in [1.165, 1.54) is 0 Å². The highest BCUT2D eigenvalue weighted by atomic mass is 31.2. The van der Waals surface area contributed by atoms with Gasteiger partial charge in [0.15, 0.2) is 0 Å². The molecule has 0 saturated heterocycles. The van der Waals surface area contributed by atoms with E-state index in [9.17, 15) is 18.9 Å². The number of hydrogen-bond acceptors (Lipinski definition) is 7. The summed E-state index contributed by atoms with van der Waals surface area (Å²) in [4.78, 5) is 50.8. The Labute approximate surface area is 127 Å². The van der Waals surface area contributed by atoms with Crippen molar-refractivity contribution in [3.8, 4) is 0 Å². The third kappa shape index (κ3) is 11.0. The maximum absolute atomic E-state index is 11.3. The van der Waals surface area contributed by atoms with Crippen molar-refractivity contribution < 1.29 is 42.9 Å². The second-order valence-electron chi connectivity index (χ2n) is 4.09. The van der Waals surface area contributed by atoms with E-state index in [1.54, 1.807) is 6.92 Å². The Morgan fingerprint density at radius 1 is 1.05 bits per heavy atom. The first-order chi connectivity index (χ1) is 10.2. The first-order valence-electron chi connectivity index (χ1n) is 6.36. The Kier molecular flexibility index (Phi) is 9.32. The van der Waals surface area contributed by atoms with Crippen LogP contribution in [0.5, 0.6) is 0 Å². The van der Waals surface area contributed by atoms with E-state index in [4.69, 9.17) is 14.5 Å². The van der Waals surface area contributed by atoms with E-state index in [0.717, 1.165) is 0 Å². The summed E-state index contributed by atoms with van der Waals surface area (Å²) in [5, 5.41) is 0. The lowest BCUT2D eigenvalue weighted by Gasteiger charge is -2.07. The van der Waals surface area contributed by atoms with E-state index < -0.39 is 38.3 Å². The van der Waals surface area contributed by atoms with Gasteiger partial charge in [-0.3, -0.25) is 14.2 Å². The molecule has 2 N–H and O–H groups in total. The summed E-state index contributed by atoms with van der Waals surface area (Å²) in [6, 6.07) is 0. The third-order valence-electron chi connectivity index (χ3n) is 2.15. The van der Waals surface area contributed by atoms with Gasteiger partial charge in [0.05, 0.1) is 31.2 Å². The summed E-state index contributed by atoms with van der Waals surface area (Å²) in [5.41, 5.74) is -0.0283. The summed E-state index contributed by atoms with van der Waals surface area (Å²) in [7, 11) is -4.22. The Hall–Kier alpha value is -1.70. The highest BCUT2D eigenvalue weighted by Crippen LogP contribution is 2.33. The Balaban J connectivity index is 3.85. The molecule has 9 nitrogen and oxygen atoms in total. The average molecular weight is 338 g/mol. The fourth-order valence-electron chi connectivity index (χ4n) is 1.09. The van der Waals surface area contributed by atoms with Crippen LogP contribution in [0.25, 0.3) is 0 Å². The predicted molar refractivity (Wildman–Crippen MR) is 73.8 cm³/mol. The van der Waals surface area contributed by atoms with Gasteiger partial charge in [0.1, 0.15) is 13.2 Å². The normalized spacial score (nSPS) is 10.7. The SMILES string of the molecule is C=C(COC(=O)CCC(=O)OCCP(=O)(O)O)C(=O)OCC. The molecule has 10 heteroatoms. The van der Waals surface area contributed by atoms with Crippen LogP contribution in [0.2, 0.25) is 0 Å². The summed E-state index contributed by atoms with van der Waals surface area (Å²) in [6.45, 7) is 4.40. The molecule has 0 aromatic carbocycles. The van der Waals surface area contributed by atoms with Crippen LogP contribution in [-0.4, -0.2) is 53.7 Å². The van der Waals surface area contributed by atoms with Gasteiger partial charge >= 0.3 is 25.5 Å². The molecule has 0 fully saturated rings. The van der Waals surface area contributed by atoms with E-state index in [0.29, 0.717) is 0 Å². The van der Waals surface area contributed by atoms with Gasteiger partial charge in [0.2, 0.25) is 0 Å². The fraction of sp³-hybridized carbons (Fsp3) is 0.583. The molecule has 0 spiro atoms. The van der Waals surface area contributed by atoms with Gasteiger partial charge in [-0.1, -0.05) is 6.58 Å². The molecule has 0 atom stereocenters.